The molecule has 0 aliphatic heterocycles. The maximum Gasteiger partial charge on any atom is 0.0541 e. The molecule has 0 aliphatic carbocycles. The fourth-order valence-corrected chi connectivity index (χ4v) is 9.69. The first-order valence-corrected chi connectivity index (χ1v) is 21.0. The second kappa shape index (κ2) is 15.0. The largest absolute Gasteiger partial charge is 0.309 e. The Kier molecular flexibility index (Phi) is 8.90. The number of allylic oxidation sites excluding steroid dienone is 1. The number of rotatable bonds is 8. The molecule has 2 aromatic heterocycles. The summed E-state index contributed by atoms with van der Waals surface area (Å²) in [5.74, 6) is 0. The van der Waals surface area contributed by atoms with Gasteiger partial charge in [-0.05, 0) is 111 Å². The van der Waals surface area contributed by atoms with E-state index in [1.165, 1.54) is 82.5 Å². The minimum atomic E-state index is 1.09. The summed E-state index contributed by atoms with van der Waals surface area (Å²) in [4.78, 5) is 0. The van der Waals surface area contributed by atoms with Crippen molar-refractivity contribution >= 4 is 55.6 Å². The van der Waals surface area contributed by atoms with Gasteiger partial charge in [-0.3, -0.25) is 0 Å². The van der Waals surface area contributed by atoms with Crippen molar-refractivity contribution in [2.75, 3.05) is 0 Å². The molecule has 0 amide bonds. The first-order chi connectivity index (χ1) is 30.2. The molecule has 0 fully saturated rings. The summed E-state index contributed by atoms with van der Waals surface area (Å²) < 4.78 is 4.72. The highest BCUT2D eigenvalue weighted by atomic mass is 15.0. The number of fused-ring (bicyclic) bond motifs is 5. The van der Waals surface area contributed by atoms with Crippen molar-refractivity contribution in [3.8, 4) is 55.9 Å². The molecule has 0 saturated carbocycles. The van der Waals surface area contributed by atoms with Crippen LogP contribution in [0.1, 0.15) is 18.2 Å². The third-order valence-corrected chi connectivity index (χ3v) is 12.2. The first-order valence-electron chi connectivity index (χ1n) is 21.0. The van der Waals surface area contributed by atoms with Crippen LogP contribution in [0.2, 0.25) is 0 Å². The van der Waals surface area contributed by atoms with Gasteiger partial charge >= 0.3 is 0 Å². The van der Waals surface area contributed by atoms with Gasteiger partial charge in [0.25, 0.3) is 0 Å². The van der Waals surface area contributed by atoms with E-state index in [0.29, 0.717) is 0 Å². The molecule has 0 unspecified atom stereocenters. The van der Waals surface area contributed by atoms with E-state index in [1.807, 2.05) is 6.08 Å². The second-order valence-corrected chi connectivity index (χ2v) is 15.6. The highest BCUT2D eigenvalue weighted by Crippen LogP contribution is 2.51. The van der Waals surface area contributed by atoms with Gasteiger partial charge in [-0.25, -0.2) is 0 Å². The molecule has 11 aromatic rings. The van der Waals surface area contributed by atoms with E-state index in [-0.39, 0.29) is 0 Å². The molecular weight excluding hydrogens is 737 g/mol. The quantitative estimate of drug-likeness (QED) is 0.145. The van der Waals surface area contributed by atoms with Crippen LogP contribution in [-0.2, 0) is 0 Å². The molecule has 0 radical (unpaired) electrons. The summed E-state index contributed by atoms with van der Waals surface area (Å²) in [6.45, 7) is 6.33. The molecule has 9 aromatic carbocycles. The van der Waals surface area contributed by atoms with Crippen LogP contribution >= 0.6 is 0 Å². The highest BCUT2D eigenvalue weighted by molar-refractivity contribution is 6.18. The van der Waals surface area contributed by atoms with Crippen LogP contribution in [-0.4, -0.2) is 9.13 Å². The lowest BCUT2D eigenvalue weighted by molar-refractivity contribution is 1.11. The molecule has 0 spiro atoms. The molecule has 2 heteroatoms. The van der Waals surface area contributed by atoms with E-state index in [4.69, 9.17) is 0 Å². The molecule has 0 atom stereocenters. The van der Waals surface area contributed by atoms with Crippen LogP contribution in [0.15, 0.2) is 219 Å². The van der Waals surface area contributed by atoms with Gasteiger partial charge in [0.05, 0.1) is 22.2 Å². The Morgan fingerprint density at radius 1 is 0.344 bits per heavy atom. The Morgan fingerprint density at radius 2 is 0.705 bits per heavy atom. The number of hydrogen-bond acceptors (Lipinski definition) is 0. The lowest BCUT2D eigenvalue weighted by Crippen LogP contribution is -1.99. The smallest absolute Gasteiger partial charge is 0.0541 e. The van der Waals surface area contributed by atoms with Crippen LogP contribution in [0.5, 0.6) is 0 Å². The van der Waals surface area contributed by atoms with Gasteiger partial charge < -0.3 is 9.13 Å². The Morgan fingerprint density at radius 3 is 1.15 bits per heavy atom. The van der Waals surface area contributed by atoms with Gasteiger partial charge in [0.2, 0.25) is 0 Å². The van der Waals surface area contributed by atoms with E-state index in [2.05, 4.69) is 241 Å². The monoisotopic (exact) mass is 778 g/mol. The summed E-state index contributed by atoms with van der Waals surface area (Å²) in [6.07, 6.45) is 6.27. The molecule has 288 valence electrons. The molecule has 2 nitrogen and oxygen atoms in total. The van der Waals surface area contributed by atoms with Crippen LogP contribution in [0.4, 0.5) is 0 Å². The van der Waals surface area contributed by atoms with Gasteiger partial charge in [0.1, 0.15) is 0 Å². The summed E-state index contributed by atoms with van der Waals surface area (Å²) in [5, 5.41) is 6.16. The average Bonchev–Trinajstić information content (AvgIpc) is 3.84. The molecular formula is C59H42N2. The summed E-state index contributed by atoms with van der Waals surface area (Å²) >= 11 is 0. The van der Waals surface area contributed by atoms with E-state index < -0.39 is 0 Å². The lowest BCUT2D eigenvalue weighted by Gasteiger charge is -2.24. The molecule has 11 rings (SSSR count). The third-order valence-electron chi connectivity index (χ3n) is 12.2. The number of aromatic nitrogens is 2. The predicted molar refractivity (Wildman–Crippen MR) is 262 cm³/mol. The van der Waals surface area contributed by atoms with Crippen molar-refractivity contribution in [2.24, 2.45) is 0 Å². The van der Waals surface area contributed by atoms with Gasteiger partial charge in [0, 0.05) is 33.1 Å². The predicted octanol–water partition coefficient (Wildman–Crippen LogP) is 16.2. The van der Waals surface area contributed by atoms with E-state index in [9.17, 15) is 0 Å². The van der Waals surface area contributed by atoms with Crippen LogP contribution < -0.4 is 0 Å². The third kappa shape index (κ3) is 5.87. The SMILES string of the molecule is C=Cc1c(/C=C\C)c2ccccc2n1-c1ccc(-c2c(-c3ccccc3)c(-c3ccccc3)c(-c3ccc(-n4c5ccccc5c5ccccc54)cc3)c3ccccc23)cc1. The molecule has 0 N–H and O–H groups in total. The molecule has 2 heterocycles. The Hall–Kier alpha value is -7.94. The fraction of sp³-hybridized carbons (Fsp3) is 0.0169. The van der Waals surface area contributed by atoms with Crippen molar-refractivity contribution in [1.82, 2.24) is 9.13 Å². The zero-order chi connectivity index (χ0) is 40.9. The standard InChI is InChI=1S/C59H42N2/c1-3-19-46-47-24-13-16-29-53(47)60(52(46)4-2)44-36-32-42(33-37-44)56-50-27-11-12-28-51(50)57(59(41-22-9-6-10-23-41)58(56)40-20-7-5-8-21-40)43-34-38-45(39-35-43)61-54-30-17-14-25-48(54)49-26-15-18-31-55(49)61/h3-39H,2H2,1H3/b19-3-. The summed E-state index contributed by atoms with van der Waals surface area (Å²) in [5.41, 5.74) is 17.6. The van der Waals surface area contributed by atoms with E-state index in [0.717, 1.165) is 28.1 Å². The van der Waals surface area contributed by atoms with E-state index in [1.54, 1.807) is 0 Å². The average molecular weight is 779 g/mol. The zero-order valence-electron chi connectivity index (χ0n) is 34.0. The van der Waals surface area contributed by atoms with Crippen molar-refractivity contribution in [3.05, 3.63) is 230 Å². The molecule has 61 heavy (non-hydrogen) atoms. The van der Waals surface area contributed by atoms with Crippen molar-refractivity contribution in [2.45, 2.75) is 6.92 Å². The van der Waals surface area contributed by atoms with Crippen LogP contribution in [0.3, 0.4) is 0 Å². The van der Waals surface area contributed by atoms with Gasteiger partial charge in [-0.2, -0.15) is 0 Å². The molecule has 0 saturated heterocycles. The van der Waals surface area contributed by atoms with Crippen LogP contribution in [0.25, 0.3) is 112 Å². The zero-order valence-corrected chi connectivity index (χ0v) is 34.0. The topological polar surface area (TPSA) is 9.86 Å². The summed E-state index contributed by atoms with van der Waals surface area (Å²) in [6, 6.07) is 75.2. The number of benzene rings is 9. The maximum atomic E-state index is 4.26. The van der Waals surface area contributed by atoms with Gasteiger partial charge in [-0.15, -0.1) is 0 Å². The Bertz CT molecular complexity index is 3400. The highest BCUT2D eigenvalue weighted by Gasteiger charge is 2.24. The summed E-state index contributed by atoms with van der Waals surface area (Å²) in [7, 11) is 0. The van der Waals surface area contributed by atoms with Crippen molar-refractivity contribution < 1.29 is 0 Å². The van der Waals surface area contributed by atoms with Crippen LogP contribution in [0, 0.1) is 0 Å². The first kappa shape index (κ1) is 36.2. The minimum Gasteiger partial charge on any atom is -0.309 e. The molecule has 0 aliphatic rings. The minimum absolute atomic E-state index is 1.09. The number of hydrogen-bond donors (Lipinski definition) is 0. The van der Waals surface area contributed by atoms with Gasteiger partial charge in [-0.1, -0.05) is 183 Å². The number of nitrogens with zero attached hydrogens (tertiary/aromatic N) is 2. The second-order valence-electron chi connectivity index (χ2n) is 15.6. The Balaban J connectivity index is 1.16. The number of para-hydroxylation sites is 3. The molecule has 0 bridgehead atoms. The maximum absolute atomic E-state index is 4.26. The van der Waals surface area contributed by atoms with E-state index >= 15 is 0 Å². The van der Waals surface area contributed by atoms with Crippen molar-refractivity contribution in [3.63, 3.8) is 0 Å². The van der Waals surface area contributed by atoms with Gasteiger partial charge in [0.15, 0.2) is 0 Å². The fourth-order valence-electron chi connectivity index (χ4n) is 9.69. The Labute approximate surface area is 356 Å². The normalized spacial score (nSPS) is 11.7. The lowest BCUT2D eigenvalue weighted by atomic mass is 9.79. The van der Waals surface area contributed by atoms with Crippen molar-refractivity contribution in [1.29, 1.82) is 0 Å².